The Hall–Kier alpha value is -2.18. The van der Waals surface area contributed by atoms with Crippen LogP contribution in [0.4, 0.5) is 11.5 Å². The summed E-state index contributed by atoms with van der Waals surface area (Å²) in [5.41, 5.74) is -0.0733. The van der Waals surface area contributed by atoms with Crippen molar-refractivity contribution in [1.29, 1.82) is 0 Å². The average molecular weight is 281 g/mol. The Balaban J connectivity index is 2.79. The summed E-state index contributed by atoms with van der Waals surface area (Å²) in [4.78, 5) is 26.7. The largest absolute Gasteiger partial charge is 0.481 e. The standard InChI is InChI=1S/C13H19N3O4/c1-10(2)5-7-15(8-6-13(17)18)12-4-3-11(9-14-12)16(19)20/h3-4,9-10H,5-8H2,1-2H3,(H,17,18). The summed E-state index contributed by atoms with van der Waals surface area (Å²) >= 11 is 0. The van der Waals surface area contributed by atoms with Crippen LogP contribution in [0.2, 0.25) is 0 Å². The molecule has 0 aliphatic carbocycles. The predicted molar refractivity (Wildman–Crippen MR) is 74.8 cm³/mol. The molecule has 1 rings (SSSR count). The number of nitrogens with zero attached hydrogens (tertiary/aromatic N) is 3. The van der Waals surface area contributed by atoms with Crippen LogP contribution in [-0.2, 0) is 4.79 Å². The lowest BCUT2D eigenvalue weighted by Crippen LogP contribution is -2.28. The zero-order chi connectivity index (χ0) is 15.1. The first-order valence-corrected chi connectivity index (χ1v) is 6.47. The molecular formula is C13H19N3O4. The highest BCUT2D eigenvalue weighted by atomic mass is 16.6. The first-order valence-electron chi connectivity index (χ1n) is 6.47. The summed E-state index contributed by atoms with van der Waals surface area (Å²) in [6.45, 7) is 5.18. The molecule has 0 bridgehead atoms. The van der Waals surface area contributed by atoms with E-state index in [1.807, 2.05) is 4.90 Å². The van der Waals surface area contributed by atoms with Gasteiger partial charge in [-0.1, -0.05) is 13.8 Å². The Bertz CT molecular complexity index is 459. The van der Waals surface area contributed by atoms with Crippen LogP contribution in [0.15, 0.2) is 18.3 Å². The average Bonchev–Trinajstić information content (AvgIpc) is 2.38. The predicted octanol–water partition coefficient (Wildman–Crippen LogP) is 2.32. The molecule has 7 heteroatoms. The highest BCUT2D eigenvalue weighted by Gasteiger charge is 2.13. The van der Waals surface area contributed by atoms with E-state index in [0.29, 0.717) is 24.8 Å². The maximum atomic E-state index is 10.7. The third kappa shape index (κ3) is 5.21. The van der Waals surface area contributed by atoms with Crippen LogP contribution in [-0.4, -0.2) is 34.1 Å². The van der Waals surface area contributed by atoms with Gasteiger partial charge in [0.2, 0.25) is 0 Å². The summed E-state index contributed by atoms with van der Waals surface area (Å²) in [6.07, 6.45) is 2.10. The SMILES string of the molecule is CC(C)CCN(CCC(=O)O)c1ccc([N+](=O)[O-])cn1. The summed E-state index contributed by atoms with van der Waals surface area (Å²) in [5, 5.41) is 19.4. The number of aliphatic carboxylic acids is 1. The van der Waals surface area contributed by atoms with E-state index in [4.69, 9.17) is 5.11 Å². The molecule has 0 aromatic carbocycles. The maximum Gasteiger partial charge on any atom is 0.305 e. The molecule has 0 aliphatic rings. The second-order valence-corrected chi connectivity index (χ2v) is 4.95. The third-order valence-electron chi connectivity index (χ3n) is 2.84. The molecule has 0 saturated carbocycles. The Morgan fingerprint density at radius 3 is 2.60 bits per heavy atom. The van der Waals surface area contributed by atoms with Crippen LogP contribution in [0.5, 0.6) is 0 Å². The maximum absolute atomic E-state index is 10.7. The fourth-order valence-electron chi connectivity index (χ4n) is 1.66. The monoisotopic (exact) mass is 281 g/mol. The first kappa shape index (κ1) is 15.9. The number of anilines is 1. The molecule has 1 aromatic rings. The van der Waals surface area contributed by atoms with Gasteiger partial charge in [-0.2, -0.15) is 0 Å². The molecule has 0 spiro atoms. The molecule has 0 unspecified atom stereocenters. The van der Waals surface area contributed by atoms with Crippen LogP contribution in [0.1, 0.15) is 26.7 Å². The molecule has 7 nitrogen and oxygen atoms in total. The number of nitro groups is 1. The van der Waals surface area contributed by atoms with Crippen molar-refractivity contribution in [3.63, 3.8) is 0 Å². The highest BCUT2D eigenvalue weighted by Crippen LogP contribution is 2.17. The quantitative estimate of drug-likeness (QED) is 0.580. The van der Waals surface area contributed by atoms with Gasteiger partial charge in [-0.25, -0.2) is 4.98 Å². The first-order chi connectivity index (χ1) is 9.40. The summed E-state index contributed by atoms with van der Waals surface area (Å²) in [5.74, 6) is 0.180. The Morgan fingerprint density at radius 1 is 1.45 bits per heavy atom. The van der Waals surface area contributed by atoms with E-state index in [0.717, 1.165) is 6.42 Å². The van der Waals surface area contributed by atoms with Gasteiger partial charge in [-0.05, 0) is 18.4 Å². The highest BCUT2D eigenvalue weighted by molar-refractivity contribution is 5.67. The van der Waals surface area contributed by atoms with Gasteiger partial charge in [0.05, 0.1) is 11.3 Å². The second-order valence-electron chi connectivity index (χ2n) is 4.95. The van der Waals surface area contributed by atoms with E-state index in [1.165, 1.54) is 12.3 Å². The molecular weight excluding hydrogens is 262 g/mol. The molecule has 1 heterocycles. The van der Waals surface area contributed by atoms with Crippen molar-refractivity contribution in [3.8, 4) is 0 Å². The van der Waals surface area contributed by atoms with Gasteiger partial charge in [-0.3, -0.25) is 14.9 Å². The summed E-state index contributed by atoms with van der Waals surface area (Å²) < 4.78 is 0. The number of pyridine rings is 1. The molecule has 110 valence electrons. The Labute approximate surface area is 117 Å². The topological polar surface area (TPSA) is 96.6 Å². The van der Waals surface area contributed by atoms with E-state index in [9.17, 15) is 14.9 Å². The number of aromatic nitrogens is 1. The van der Waals surface area contributed by atoms with E-state index in [-0.39, 0.29) is 12.1 Å². The molecule has 20 heavy (non-hydrogen) atoms. The molecule has 0 amide bonds. The molecule has 0 atom stereocenters. The van der Waals surface area contributed by atoms with Crippen molar-refractivity contribution in [1.82, 2.24) is 4.98 Å². The Kier molecular flexibility index (Phi) is 5.89. The Morgan fingerprint density at radius 2 is 2.15 bits per heavy atom. The van der Waals surface area contributed by atoms with Crippen LogP contribution in [0.3, 0.4) is 0 Å². The van der Waals surface area contributed by atoms with Gasteiger partial charge in [0, 0.05) is 19.2 Å². The molecule has 0 radical (unpaired) electrons. The van der Waals surface area contributed by atoms with Crippen LogP contribution >= 0.6 is 0 Å². The number of carboxylic acid groups (broad SMARTS) is 1. The fourth-order valence-corrected chi connectivity index (χ4v) is 1.66. The molecule has 0 aliphatic heterocycles. The van der Waals surface area contributed by atoms with Gasteiger partial charge in [-0.15, -0.1) is 0 Å². The minimum Gasteiger partial charge on any atom is -0.481 e. The normalized spacial score (nSPS) is 10.6. The zero-order valence-corrected chi connectivity index (χ0v) is 11.7. The smallest absolute Gasteiger partial charge is 0.305 e. The fraction of sp³-hybridized carbons (Fsp3) is 0.538. The second kappa shape index (κ2) is 7.42. The number of hydrogen-bond donors (Lipinski definition) is 1. The van der Waals surface area contributed by atoms with Gasteiger partial charge in [0.1, 0.15) is 12.0 Å². The van der Waals surface area contributed by atoms with Crippen molar-refractivity contribution in [2.24, 2.45) is 5.92 Å². The minimum absolute atomic E-state index is 0.0107. The lowest BCUT2D eigenvalue weighted by molar-refractivity contribution is -0.385. The van der Waals surface area contributed by atoms with E-state index in [2.05, 4.69) is 18.8 Å². The molecule has 1 aromatic heterocycles. The minimum atomic E-state index is -0.874. The van der Waals surface area contributed by atoms with Gasteiger partial charge in [0.15, 0.2) is 0 Å². The number of carbonyl (C=O) groups is 1. The van der Waals surface area contributed by atoms with Crippen molar-refractivity contribution < 1.29 is 14.8 Å². The zero-order valence-electron chi connectivity index (χ0n) is 11.7. The van der Waals surface area contributed by atoms with Crippen LogP contribution in [0, 0.1) is 16.0 Å². The van der Waals surface area contributed by atoms with Crippen LogP contribution < -0.4 is 4.90 Å². The van der Waals surface area contributed by atoms with Gasteiger partial charge >= 0.3 is 5.97 Å². The third-order valence-corrected chi connectivity index (χ3v) is 2.84. The lowest BCUT2D eigenvalue weighted by Gasteiger charge is -2.23. The van der Waals surface area contributed by atoms with Crippen molar-refractivity contribution in [2.45, 2.75) is 26.7 Å². The van der Waals surface area contributed by atoms with E-state index >= 15 is 0 Å². The van der Waals surface area contributed by atoms with E-state index < -0.39 is 10.9 Å². The number of hydrogen-bond acceptors (Lipinski definition) is 5. The molecule has 0 fully saturated rings. The number of carboxylic acids is 1. The summed E-state index contributed by atoms with van der Waals surface area (Å²) in [7, 11) is 0. The van der Waals surface area contributed by atoms with E-state index in [1.54, 1.807) is 6.07 Å². The van der Waals surface area contributed by atoms with Gasteiger partial charge < -0.3 is 10.0 Å². The summed E-state index contributed by atoms with van der Waals surface area (Å²) in [6, 6.07) is 2.94. The van der Waals surface area contributed by atoms with Crippen molar-refractivity contribution in [2.75, 3.05) is 18.0 Å². The lowest BCUT2D eigenvalue weighted by atomic mass is 10.1. The van der Waals surface area contributed by atoms with Crippen molar-refractivity contribution in [3.05, 3.63) is 28.4 Å². The number of rotatable bonds is 8. The van der Waals surface area contributed by atoms with Gasteiger partial charge in [0.25, 0.3) is 5.69 Å². The van der Waals surface area contributed by atoms with Crippen molar-refractivity contribution >= 4 is 17.5 Å². The molecule has 0 saturated heterocycles. The van der Waals surface area contributed by atoms with Crippen LogP contribution in [0.25, 0.3) is 0 Å². The molecule has 1 N–H and O–H groups in total.